The summed E-state index contributed by atoms with van der Waals surface area (Å²) >= 11 is 3.70. The topological polar surface area (TPSA) is 15.6 Å². The Morgan fingerprint density at radius 3 is 3.00 bits per heavy atom. The maximum atomic E-state index is 4.64. The summed E-state index contributed by atoms with van der Waals surface area (Å²) in [6.45, 7) is 6.51. The predicted molar refractivity (Wildman–Crippen MR) is 90.2 cm³/mol. The molecule has 1 aromatic carbocycles. The minimum Gasteiger partial charge on any atom is -0.318 e. The fourth-order valence-electron chi connectivity index (χ4n) is 2.85. The van der Waals surface area contributed by atoms with Crippen LogP contribution in [0.1, 0.15) is 19.4 Å². The van der Waals surface area contributed by atoms with Gasteiger partial charge in [0.15, 0.2) is 5.17 Å². The number of hydrogen-bond donors (Lipinski definition) is 0. The van der Waals surface area contributed by atoms with Crippen LogP contribution in [0.15, 0.2) is 39.5 Å². The maximum Gasteiger partial charge on any atom is 0.168 e. The van der Waals surface area contributed by atoms with Gasteiger partial charge in [0.05, 0.1) is 12.2 Å². The summed E-state index contributed by atoms with van der Waals surface area (Å²) in [4.78, 5) is 8.51. The van der Waals surface area contributed by atoms with Gasteiger partial charge < -0.3 is 4.90 Å². The molecule has 3 heterocycles. The van der Waals surface area contributed by atoms with Crippen molar-refractivity contribution in [3.63, 3.8) is 0 Å². The van der Waals surface area contributed by atoms with Crippen LogP contribution in [0.4, 0.5) is 0 Å². The molecule has 0 radical (unpaired) electrons. The second-order valence-electron chi connectivity index (χ2n) is 5.43. The molecule has 20 heavy (non-hydrogen) atoms. The standard InChI is InChI=1S/C16H16N2S2/c1-10(2)14-13(18-8-7-17-16(18)20-14)12-5-3-4-11-6-9-19-15(11)12/h3-6,9-10H,7-8H2,1-2H3. The van der Waals surface area contributed by atoms with Crippen molar-refractivity contribution in [2.75, 3.05) is 13.1 Å². The van der Waals surface area contributed by atoms with Crippen LogP contribution in [0.2, 0.25) is 0 Å². The predicted octanol–water partition coefficient (Wildman–Crippen LogP) is 4.64. The van der Waals surface area contributed by atoms with Crippen molar-refractivity contribution in [3.05, 3.63) is 40.1 Å². The molecule has 2 aromatic rings. The maximum absolute atomic E-state index is 4.64. The summed E-state index contributed by atoms with van der Waals surface area (Å²) in [6, 6.07) is 8.84. The van der Waals surface area contributed by atoms with Crippen LogP contribution < -0.4 is 0 Å². The molecule has 0 saturated carbocycles. The van der Waals surface area contributed by atoms with Gasteiger partial charge in [-0.25, -0.2) is 0 Å². The van der Waals surface area contributed by atoms with Gasteiger partial charge in [0.2, 0.25) is 0 Å². The third kappa shape index (κ3) is 1.75. The monoisotopic (exact) mass is 300 g/mol. The lowest BCUT2D eigenvalue weighted by molar-refractivity contribution is 0.641. The highest BCUT2D eigenvalue weighted by atomic mass is 32.2. The number of allylic oxidation sites excluding steroid dienone is 1. The number of hydrogen-bond acceptors (Lipinski definition) is 4. The lowest BCUT2D eigenvalue weighted by Crippen LogP contribution is -2.20. The Morgan fingerprint density at radius 2 is 2.15 bits per heavy atom. The average Bonchev–Trinajstić information content (AvgIpc) is 3.12. The third-order valence-corrected chi connectivity index (χ3v) is 6.14. The smallest absolute Gasteiger partial charge is 0.168 e. The molecule has 0 amide bonds. The molecule has 0 aliphatic carbocycles. The summed E-state index contributed by atoms with van der Waals surface area (Å²) in [7, 11) is 0. The molecule has 2 nitrogen and oxygen atoms in total. The van der Waals surface area contributed by atoms with Crippen molar-refractivity contribution in [2.24, 2.45) is 10.9 Å². The summed E-state index contributed by atoms with van der Waals surface area (Å²) in [5.74, 6) is 0.540. The molecular formula is C16H16N2S2. The van der Waals surface area contributed by atoms with Crippen LogP contribution in [0, 0.1) is 5.92 Å². The van der Waals surface area contributed by atoms with Gasteiger partial charge in [-0.05, 0) is 22.8 Å². The largest absolute Gasteiger partial charge is 0.318 e. The van der Waals surface area contributed by atoms with Crippen LogP contribution >= 0.6 is 23.1 Å². The lowest BCUT2D eigenvalue weighted by Gasteiger charge is -2.19. The number of aliphatic imine (C=N–C) groups is 1. The fraction of sp³-hybridized carbons (Fsp3) is 0.312. The minimum atomic E-state index is 0.540. The number of nitrogens with zero attached hydrogens (tertiary/aromatic N) is 2. The van der Waals surface area contributed by atoms with Crippen LogP contribution in [-0.4, -0.2) is 23.2 Å². The van der Waals surface area contributed by atoms with Gasteiger partial charge in [0, 0.05) is 21.7 Å². The molecule has 0 bridgehead atoms. The van der Waals surface area contributed by atoms with E-state index in [9.17, 15) is 0 Å². The van der Waals surface area contributed by atoms with Gasteiger partial charge in [-0.2, -0.15) is 0 Å². The van der Waals surface area contributed by atoms with Crippen molar-refractivity contribution >= 4 is 44.0 Å². The Bertz CT molecular complexity index is 740. The molecular weight excluding hydrogens is 284 g/mol. The SMILES string of the molecule is CC(C)C1=C(c2cccc3ccsc23)N2CCN=C2S1. The first-order valence-electron chi connectivity index (χ1n) is 6.96. The third-order valence-electron chi connectivity index (χ3n) is 3.76. The first-order chi connectivity index (χ1) is 9.75. The molecule has 0 fully saturated rings. The van der Waals surface area contributed by atoms with E-state index >= 15 is 0 Å². The summed E-state index contributed by atoms with van der Waals surface area (Å²) in [5, 5.41) is 4.72. The van der Waals surface area contributed by atoms with E-state index in [2.05, 4.69) is 53.4 Å². The van der Waals surface area contributed by atoms with Crippen molar-refractivity contribution in [1.29, 1.82) is 0 Å². The van der Waals surface area contributed by atoms with Crippen molar-refractivity contribution in [2.45, 2.75) is 13.8 Å². The van der Waals surface area contributed by atoms with Gasteiger partial charge in [-0.3, -0.25) is 4.99 Å². The van der Waals surface area contributed by atoms with Crippen molar-refractivity contribution in [1.82, 2.24) is 4.90 Å². The Balaban J connectivity index is 1.96. The Morgan fingerprint density at radius 1 is 1.25 bits per heavy atom. The van der Waals surface area contributed by atoms with Gasteiger partial charge in [0.25, 0.3) is 0 Å². The van der Waals surface area contributed by atoms with E-state index in [4.69, 9.17) is 0 Å². The van der Waals surface area contributed by atoms with E-state index in [1.54, 1.807) is 0 Å². The average molecular weight is 300 g/mol. The van der Waals surface area contributed by atoms with E-state index in [1.807, 2.05) is 23.1 Å². The molecule has 2 aliphatic heterocycles. The molecule has 2 aliphatic rings. The molecule has 0 atom stereocenters. The minimum absolute atomic E-state index is 0.540. The van der Waals surface area contributed by atoms with E-state index in [0.29, 0.717) is 5.92 Å². The Hall–Kier alpha value is -1.26. The molecule has 102 valence electrons. The number of benzene rings is 1. The number of rotatable bonds is 2. The highest BCUT2D eigenvalue weighted by molar-refractivity contribution is 8.17. The zero-order chi connectivity index (χ0) is 13.7. The number of thiophene rings is 1. The first kappa shape index (κ1) is 12.5. The van der Waals surface area contributed by atoms with E-state index in [0.717, 1.165) is 13.1 Å². The lowest BCUT2D eigenvalue weighted by atomic mass is 10.0. The second-order valence-corrected chi connectivity index (χ2v) is 7.36. The fourth-order valence-corrected chi connectivity index (χ4v) is 4.96. The normalized spacial score (nSPS) is 18.4. The molecule has 4 heteroatoms. The number of fused-ring (bicyclic) bond motifs is 2. The highest BCUT2D eigenvalue weighted by Gasteiger charge is 2.34. The molecule has 0 spiro atoms. The van der Waals surface area contributed by atoms with Crippen molar-refractivity contribution in [3.8, 4) is 0 Å². The van der Waals surface area contributed by atoms with Gasteiger partial charge in [0.1, 0.15) is 0 Å². The van der Waals surface area contributed by atoms with Gasteiger partial charge in [-0.1, -0.05) is 43.8 Å². The zero-order valence-electron chi connectivity index (χ0n) is 11.6. The van der Waals surface area contributed by atoms with E-state index in [-0.39, 0.29) is 0 Å². The summed E-state index contributed by atoms with van der Waals surface area (Å²) < 4.78 is 1.40. The zero-order valence-corrected chi connectivity index (χ0v) is 13.2. The van der Waals surface area contributed by atoms with Gasteiger partial charge >= 0.3 is 0 Å². The number of thioether (sulfide) groups is 1. The first-order valence-corrected chi connectivity index (χ1v) is 8.66. The molecule has 0 N–H and O–H groups in total. The van der Waals surface area contributed by atoms with Gasteiger partial charge in [-0.15, -0.1) is 11.3 Å². The summed E-state index contributed by atoms with van der Waals surface area (Å²) in [5.41, 5.74) is 2.77. The van der Waals surface area contributed by atoms with Crippen LogP contribution in [0.3, 0.4) is 0 Å². The van der Waals surface area contributed by atoms with Crippen molar-refractivity contribution < 1.29 is 0 Å². The molecule has 0 unspecified atom stereocenters. The second kappa shape index (κ2) is 4.64. The Labute approximate surface area is 127 Å². The molecule has 1 aromatic heterocycles. The van der Waals surface area contributed by atoms with Crippen LogP contribution in [-0.2, 0) is 0 Å². The Kier molecular flexibility index (Phi) is 2.89. The highest BCUT2D eigenvalue weighted by Crippen LogP contribution is 2.46. The van der Waals surface area contributed by atoms with E-state index < -0.39 is 0 Å². The quantitative estimate of drug-likeness (QED) is 0.802. The van der Waals surface area contributed by atoms with Crippen LogP contribution in [0.25, 0.3) is 15.8 Å². The molecule has 4 rings (SSSR count). The van der Waals surface area contributed by atoms with E-state index in [1.165, 1.54) is 31.4 Å². The van der Waals surface area contributed by atoms with Crippen LogP contribution in [0.5, 0.6) is 0 Å². The summed E-state index contributed by atoms with van der Waals surface area (Å²) in [6.07, 6.45) is 0. The molecule has 0 saturated heterocycles. The number of amidine groups is 1.